The summed E-state index contributed by atoms with van der Waals surface area (Å²) in [5.41, 5.74) is 1.86. The van der Waals surface area contributed by atoms with Gasteiger partial charge in [-0.05, 0) is 42.8 Å². The van der Waals surface area contributed by atoms with Gasteiger partial charge in [0.25, 0.3) is 0 Å². The van der Waals surface area contributed by atoms with Crippen molar-refractivity contribution >= 4 is 35.2 Å². The fraction of sp³-hybridized carbons (Fsp3) is 0.217. The lowest BCUT2D eigenvalue weighted by Gasteiger charge is -2.19. The molecule has 10 heteroatoms. The molecule has 0 saturated heterocycles. The number of anilines is 2. The van der Waals surface area contributed by atoms with Crippen LogP contribution in [0.1, 0.15) is 23.5 Å². The van der Waals surface area contributed by atoms with Gasteiger partial charge in [0.05, 0.1) is 12.0 Å². The number of fused-ring (bicyclic) bond motifs is 4. The van der Waals surface area contributed by atoms with E-state index >= 15 is 0 Å². The van der Waals surface area contributed by atoms with Crippen LogP contribution >= 0.6 is 11.6 Å². The van der Waals surface area contributed by atoms with Crippen LogP contribution < -0.4 is 25.4 Å². The van der Waals surface area contributed by atoms with Crippen LogP contribution in [0.4, 0.5) is 16.4 Å². The number of hydrogen-bond acceptors (Lipinski definition) is 6. The van der Waals surface area contributed by atoms with Crippen molar-refractivity contribution in [3.05, 3.63) is 64.9 Å². The molecular formula is C23H18ClN5O4. The van der Waals surface area contributed by atoms with E-state index in [1.54, 1.807) is 24.4 Å². The molecule has 1 saturated carbocycles. The second-order valence-corrected chi connectivity index (χ2v) is 8.51. The Labute approximate surface area is 193 Å². The Bertz CT molecular complexity index is 1300. The first-order chi connectivity index (χ1) is 16.0. The largest absolute Gasteiger partial charge is 0.487 e. The Balaban J connectivity index is 1.15. The van der Waals surface area contributed by atoms with Crippen LogP contribution in [-0.2, 0) is 11.2 Å². The Morgan fingerprint density at radius 2 is 2.03 bits per heavy atom. The van der Waals surface area contributed by atoms with Gasteiger partial charge in [0.1, 0.15) is 35.0 Å². The van der Waals surface area contributed by atoms with E-state index in [2.05, 4.69) is 25.9 Å². The highest BCUT2D eigenvalue weighted by Crippen LogP contribution is 2.54. The first kappa shape index (κ1) is 19.8. The number of hydrogen-bond donors (Lipinski definition) is 3. The van der Waals surface area contributed by atoms with E-state index in [-0.39, 0.29) is 30.0 Å². The minimum atomic E-state index is -0.368. The number of halogens is 1. The molecule has 33 heavy (non-hydrogen) atoms. The molecule has 1 aliphatic carbocycles. The summed E-state index contributed by atoms with van der Waals surface area (Å²) in [6.07, 6.45) is 4.00. The summed E-state index contributed by atoms with van der Waals surface area (Å²) >= 11 is 5.93. The van der Waals surface area contributed by atoms with E-state index < -0.39 is 0 Å². The number of benzene rings is 1. The van der Waals surface area contributed by atoms with Gasteiger partial charge in [-0.15, -0.1) is 0 Å². The minimum absolute atomic E-state index is 0.0460. The van der Waals surface area contributed by atoms with Crippen LogP contribution in [0.2, 0.25) is 5.02 Å². The molecule has 0 spiro atoms. The third kappa shape index (κ3) is 3.70. The van der Waals surface area contributed by atoms with Gasteiger partial charge in [-0.25, -0.2) is 14.8 Å². The molecule has 0 radical (unpaired) electrons. The third-order valence-corrected chi connectivity index (χ3v) is 6.15. The van der Waals surface area contributed by atoms with E-state index in [1.165, 1.54) is 6.20 Å². The van der Waals surface area contributed by atoms with Crippen molar-refractivity contribution in [3.8, 4) is 17.2 Å². The number of nitrogens with one attached hydrogen (secondary N) is 3. The van der Waals surface area contributed by atoms with Gasteiger partial charge >= 0.3 is 6.03 Å². The quantitative estimate of drug-likeness (QED) is 0.541. The SMILES string of the molecule is O=C1CCc2c(Oc3ccc4c(c3)[C@H]3[C@@H](NC(=O)Nc5cc(Cl)ccn5)[C@H]3O4)ccnc2N1. The van der Waals surface area contributed by atoms with Gasteiger partial charge in [0.2, 0.25) is 5.91 Å². The molecule has 1 fully saturated rings. The molecule has 2 aromatic heterocycles. The fourth-order valence-corrected chi connectivity index (χ4v) is 4.49. The molecule has 3 atom stereocenters. The predicted molar refractivity (Wildman–Crippen MR) is 120 cm³/mol. The highest BCUT2D eigenvalue weighted by Gasteiger charge is 2.59. The molecule has 2 aliphatic heterocycles. The van der Waals surface area contributed by atoms with E-state index in [1.807, 2.05) is 18.2 Å². The number of urea groups is 1. The Hall–Kier alpha value is -3.85. The van der Waals surface area contributed by atoms with E-state index in [9.17, 15) is 9.59 Å². The highest BCUT2D eigenvalue weighted by molar-refractivity contribution is 6.30. The lowest BCUT2D eigenvalue weighted by atomic mass is 10.1. The maximum atomic E-state index is 12.4. The van der Waals surface area contributed by atoms with Crippen molar-refractivity contribution in [2.45, 2.75) is 30.9 Å². The maximum Gasteiger partial charge on any atom is 0.320 e. The lowest BCUT2D eigenvalue weighted by Crippen LogP contribution is -2.34. The normalized spacial score (nSPS) is 21.6. The van der Waals surface area contributed by atoms with Gasteiger partial charge < -0.3 is 20.1 Å². The second kappa shape index (κ2) is 7.63. The molecule has 6 rings (SSSR count). The van der Waals surface area contributed by atoms with Gasteiger partial charge in [0.15, 0.2) is 0 Å². The number of pyridine rings is 2. The van der Waals surface area contributed by atoms with Gasteiger partial charge in [-0.2, -0.15) is 0 Å². The number of carbonyl (C=O) groups excluding carboxylic acids is 2. The molecule has 9 nitrogen and oxygen atoms in total. The summed E-state index contributed by atoms with van der Waals surface area (Å²) in [5.74, 6) is 3.02. The first-order valence-corrected chi connectivity index (χ1v) is 10.9. The maximum absolute atomic E-state index is 12.4. The first-order valence-electron chi connectivity index (χ1n) is 10.5. The van der Waals surface area contributed by atoms with Crippen molar-refractivity contribution in [2.75, 3.05) is 10.6 Å². The van der Waals surface area contributed by atoms with Crippen LogP contribution in [0, 0.1) is 0 Å². The molecule has 4 heterocycles. The van der Waals surface area contributed by atoms with Crippen molar-refractivity contribution in [1.29, 1.82) is 0 Å². The molecule has 0 bridgehead atoms. The van der Waals surface area contributed by atoms with Crippen molar-refractivity contribution in [2.24, 2.45) is 0 Å². The zero-order chi connectivity index (χ0) is 22.5. The average molecular weight is 464 g/mol. The van der Waals surface area contributed by atoms with Crippen molar-refractivity contribution < 1.29 is 19.1 Å². The topological polar surface area (TPSA) is 114 Å². The van der Waals surface area contributed by atoms with Crippen LogP contribution in [0.5, 0.6) is 17.2 Å². The van der Waals surface area contributed by atoms with Gasteiger partial charge in [0, 0.05) is 35.0 Å². The number of amides is 3. The number of carbonyl (C=O) groups is 2. The third-order valence-electron chi connectivity index (χ3n) is 5.92. The summed E-state index contributed by atoms with van der Waals surface area (Å²) < 4.78 is 12.1. The molecule has 0 unspecified atom stereocenters. The summed E-state index contributed by atoms with van der Waals surface area (Å²) in [7, 11) is 0. The molecule has 3 aliphatic rings. The van der Waals surface area contributed by atoms with Crippen LogP contribution in [0.15, 0.2) is 48.8 Å². The average Bonchev–Trinajstić information content (AvgIpc) is 3.30. The number of ether oxygens (including phenoxy) is 2. The Morgan fingerprint density at radius 1 is 1.15 bits per heavy atom. The van der Waals surface area contributed by atoms with Crippen LogP contribution in [0.3, 0.4) is 0 Å². The van der Waals surface area contributed by atoms with E-state index in [0.29, 0.717) is 41.0 Å². The predicted octanol–water partition coefficient (Wildman–Crippen LogP) is 3.86. The number of rotatable bonds is 4. The molecule has 3 amide bonds. The van der Waals surface area contributed by atoms with Gasteiger partial charge in [-0.1, -0.05) is 11.6 Å². The highest BCUT2D eigenvalue weighted by atomic mass is 35.5. The summed E-state index contributed by atoms with van der Waals surface area (Å²) in [5, 5.41) is 8.88. The molecule has 3 aromatic rings. The summed E-state index contributed by atoms with van der Waals surface area (Å²) in [6.45, 7) is 0. The Kier molecular flexibility index (Phi) is 4.58. The number of aromatic nitrogens is 2. The second-order valence-electron chi connectivity index (χ2n) is 8.08. The number of nitrogens with zero attached hydrogens (tertiary/aromatic N) is 2. The standard InChI is InChI=1S/C23H18ClN5O4/c24-11-5-7-25-17(9-11)27-23(31)29-20-19-14-10-12(1-3-15(14)33-21(19)20)32-16-6-8-26-22-13(16)2-4-18(30)28-22/h1,3,5-10,19-21H,2,4H2,(H,26,28,30)(H2,25,27,29,31)/t19-,20+,21-/m0/s1. The van der Waals surface area contributed by atoms with E-state index in [0.717, 1.165) is 16.9 Å². The van der Waals surface area contributed by atoms with Crippen LogP contribution in [-0.4, -0.2) is 34.1 Å². The summed E-state index contributed by atoms with van der Waals surface area (Å²) in [6, 6.07) is 10.1. The molecule has 3 N–H and O–H groups in total. The van der Waals surface area contributed by atoms with E-state index in [4.69, 9.17) is 21.1 Å². The minimum Gasteiger partial charge on any atom is -0.487 e. The van der Waals surface area contributed by atoms with Crippen molar-refractivity contribution in [1.82, 2.24) is 15.3 Å². The molecule has 166 valence electrons. The zero-order valence-electron chi connectivity index (χ0n) is 17.2. The zero-order valence-corrected chi connectivity index (χ0v) is 17.9. The summed E-state index contributed by atoms with van der Waals surface area (Å²) in [4.78, 5) is 32.3. The van der Waals surface area contributed by atoms with Gasteiger partial charge in [-0.3, -0.25) is 10.1 Å². The van der Waals surface area contributed by atoms with Crippen LogP contribution in [0.25, 0.3) is 0 Å². The smallest absolute Gasteiger partial charge is 0.320 e. The monoisotopic (exact) mass is 463 g/mol. The molecule has 1 aromatic carbocycles. The Morgan fingerprint density at radius 3 is 2.91 bits per heavy atom. The van der Waals surface area contributed by atoms with Crippen molar-refractivity contribution in [3.63, 3.8) is 0 Å². The molecular weight excluding hydrogens is 446 g/mol. The lowest BCUT2D eigenvalue weighted by molar-refractivity contribution is -0.116. The fourth-order valence-electron chi connectivity index (χ4n) is 4.33.